The number of aliphatic hydroxyl groups excluding tert-OH is 1. The largest absolute Gasteiger partial charge is 0.372 e. The summed E-state index contributed by atoms with van der Waals surface area (Å²) in [6.07, 6.45) is 7.03. The summed E-state index contributed by atoms with van der Waals surface area (Å²) < 4.78 is 7.17. The molecule has 0 saturated carbocycles. The molecule has 1 aliphatic carbocycles. The number of ether oxygens (including phenoxy) is 1. The molecular weight excluding hydrogens is 590 g/mol. The number of hydroxylamine groups is 2. The zero-order valence-corrected chi connectivity index (χ0v) is 26.5. The van der Waals surface area contributed by atoms with E-state index in [0.29, 0.717) is 36.0 Å². The van der Waals surface area contributed by atoms with Gasteiger partial charge in [0.05, 0.1) is 6.33 Å². The van der Waals surface area contributed by atoms with Gasteiger partial charge in [0.1, 0.15) is 0 Å². The van der Waals surface area contributed by atoms with Gasteiger partial charge in [0.15, 0.2) is 29.4 Å². The predicted molar refractivity (Wildman–Crippen MR) is 172 cm³/mol. The number of aliphatic hydroxyl groups is 1. The SMILES string of the molecule is CCNC(=O)[C@H]1O[C@@H](n2cnc3c(NCC(C4=CC=CCC4)c4ccccc4)nc(C(=O)NCCCCN(C)C)nc32)[C@H](O)N1O. The number of benzene rings is 1. The Labute approximate surface area is 268 Å². The minimum atomic E-state index is -1.61. The lowest BCUT2D eigenvalue weighted by Crippen LogP contribution is -2.44. The molecule has 0 radical (unpaired) electrons. The van der Waals surface area contributed by atoms with Crippen LogP contribution in [0, 0.1) is 0 Å². The van der Waals surface area contributed by atoms with Crippen LogP contribution in [0.2, 0.25) is 0 Å². The van der Waals surface area contributed by atoms with Gasteiger partial charge < -0.3 is 35.9 Å². The van der Waals surface area contributed by atoms with Gasteiger partial charge in [-0.05, 0) is 58.8 Å². The van der Waals surface area contributed by atoms with Crippen LogP contribution in [0.5, 0.6) is 0 Å². The first-order chi connectivity index (χ1) is 22.3. The molecule has 1 fully saturated rings. The van der Waals surface area contributed by atoms with Gasteiger partial charge in [-0.3, -0.25) is 14.2 Å². The van der Waals surface area contributed by atoms with Crippen LogP contribution in [-0.4, -0.2) is 104 Å². The van der Waals surface area contributed by atoms with Crippen LogP contribution in [0.4, 0.5) is 5.82 Å². The summed E-state index contributed by atoms with van der Waals surface area (Å²) in [6.45, 7) is 3.88. The van der Waals surface area contributed by atoms with E-state index in [1.807, 2.05) is 32.3 Å². The molecule has 3 heterocycles. The topological polar surface area (TPSA) is 170 Å². The molecule has 4 atom stereocenters. The number of amides is 2. The Kier molecular flexibility index (Phi) is 11.1. The lowest BCUT2D eigenvalue weighted by molar-refractivity contribution is -0.211. The van der Waals surface area contributed by atoms with Crippen molar-refractivity contribution < 1.29 is 24.6 Å². The Morgan fingerprint density at radius 3 is 2.67 bits per heavy atom. The summed E-state index contributed by atoms with van der Waals surface area (Å²) in [7, 11) is 4.01. The first-order valence-corrected chi connectivity index (χ1v) is 15.7. The van der Waals surface area contributed by atoms with Gasteiger partial charge in [-0.1, -0.05) is 54.1 Å². The van der Waals surface area contributed by atoms with Gasteiger partial charge in [-0.25, -0.2) is 15.0 Å². The molecule has 14 nitrogen and oxygen atoms in total. The number of imidazole rings is 1. The summed E-state index contributed by atoms with van der Waals surface area (Å²) >= 11 is 0. The number of allylic oxidation sites excluding steroid dienone is 3. The van der Waals surface area contributed by atoms with E-state index in [4.69, 9.17) is 4.74 Å². The van der Waals surface area contributed by atoms with Crippen molar-refractivity contribution >= 4 is 28.8 Å². The summed E-state index contributed by atoms with van der Waals surface area (Å²) in [4.78, 5) is 41.5. The Morgan fingerprint density at radius 2 is 1.96 bits per heavy atom. The highest BCUT2D eigenvalue weighted by Crippen LogP contribution is 2.33. The minimum absolute atomic E-state index is 0.0352. The lowest BCUT2D eigenvalue weighted by Gasteiger charge is -2.23. The third-order valence-corrected chi connectivity index (χ3v) is 8.00. The molecule has 5 N–H and O–H groups in total. The first-order valence-electron chi connectivity index (χ1n) is 15.7. The second-order valence-corrected chi connectivity index (χ2v) is 11.6. The van der Waals surface area contributed by atoms with Gasteiger partial charge in [-0.2, -0.15) is 0 Å². The Morgan fingerprint density at radius 1 is 1.15 bits per heavy atom. The third-order valence-electron chi connectivity index (χ3n) is 8.00. The van der Waals surface area contributed by atoms with Crippen molar-refractivity contribution in [1.29, 1.82) is 0 Å². The van der Waals surface area contributed by atoms with Crippen molar-refractivity contribution in [2.45, 2.75) is 57.2 Å². The monoisotopic (exact) mass is 633 g/mol. The van der Waals surface area contributed by atoms with E-state index < -0.39 is 30.5 Å². The molecule has 1 unspecified atom stereocenters. The van der Waals surface area contributed by atoms with Crippen LogP contribution in [0.15, 0.2) is 60.5 Å². The fourth-order valence-electron chi connectivity index (χ4n) is 5.61. The van der Waals surface area contributed by atoms with E-state index >= 15 is 0 Å². The molecule has 5 rings (SSSR count). The third kappa shape index (κ3) is 7.59. The van der Waals surface area contributed by atoms with Crippen LogP contribution in [0.3, 0.4) is 0 Å². The highest BCUT2D eigenvalue weighted by molar-refractivity contribution is 5.94. The van der Waals surface area contributed by atoms with Gasteiger partial charge in [0, 0.05) is 25.6 Å². The number of carbonyl (C=O) groups excluding carboxylic acids is 2. The number of unbranched alkanes of at least 4 members (excludes halogenated alkanes) is 1. The highest BCUT2D eigenvalue weighted by atomic mass is 16.7. The molecule has 14 heteroatoms. The molecule has 3 aromatic rings. The number of rotatable bonds is 14. The van der Waals surface area contributed by atoms with Gasteiger partial charge >= 0.3 is 0 Å². The normalized spacial score (nSPS) is 20.6. The number of nitrogens with one attached hydrogen (secondary N) is 3. The molecule has 0 bridgehead atoms. The van der Waals surface area contributed by atoms with Crippen molar-refractivity contribution in [1.82, 2.24) is 40.1 Å². The molecule has 1 saturated heterocycles. The number of likely N-dealkylation sites (N-methyl/N-ethyl adjacent to an activating group) is 1. The number of fused-ring (bicyclic) bond motifs is 1. The van der Waals surface area contributed by atoms with E-state index in [9.17, 15) is 19.9 Å². The quantitative estimate of drug-likeness (QED) is 0.165. The molecule has 246 valence electrons. The first kappa shape index (κ1) is 33.2. The van der Waals surface area contributed by atoms with E-state index in [-0.39, 0.29) is 17.4 Å². The van der Waals surface area contributed by atoms with E-state index in [0.717, 1.165) is 37.8 Å². The Hall–Kier alpha value is -4.21. The standard InChI is InChI=1S/C32H43N9O5/c1-4-33-29(43)31-41(45)30(44)32(46-31)40-20-36-24-25(37-26(38-27(24)40)28(42)34-17-11-12-18-39(2)3)35-19-23(21-13-7-5-8-14-21)22-15-9-6-10-16-22/h5-9,13-15,20,23,30-32,44-45H,4,10-12,16-19H2,1-3H3,(H,33,43)(H,34,42)(H,35,37,38)/t23?,30-,31+,32+/m0/s1. The predicted octanol–water partition coefficient (Wildman–Crippen LogP) is 2.37. The van der Waals surface area contributed by atoms with Gasteiger partial charge in [0.2, 0.25) is 12.1 Å². The zero-order chi connectivity index (χ0) is 32.6. The van der Waals surface area contributed by atoms with Gasteiger partial charge in [0.25, 0.3) is 11.8 Å². The molecule has 2 aliphatic rings. The maximum absolute atomic E-state index is 13.3. The molecule has 0 spiro atoms. The van der Waals surface area contributed by atoms with Crippen LogP contribution < -0.4 is 16.0 Å². The van der Waals surface area contributed by atoms with Crippen LogP contribution >= 0.6 is 0 Å². The fourth-order valence-corrected chi connectivity index (χ4v) is 5.61. The maximum atomic E-state index is 13.3. The highest BCUT2D eigenvalue weighted by Gasteiger charge is 2.46. The molecular formula is C32H43N9O5. The summed E-state index contributed by atoms with van der Waals surface area (Å²) in [5, 5.41) is 30.7. The van der Waals surface area contributed by atoms with Crippen molar-refractivity contribution in [3.63, 3.8) is 0 Å². The van der Waals surface area contributed by atoms with Gasteiger partial charge in [-0.15, -0.1) is 5.06 Å². The zero-order valence-electron chi connectivity index (χ0n) is 26.5. The average molecular weight is 634 g/mol. The number of aromatic nitrogens is 4. The lowest BCUT2D eigenvalue weighted by atomic mass is 9.86. The number of anilines is 1. The number of carbonyl (C=O) groups is 2. The molecule has 46 heavy (non-hydrogen) atoms. The average Bonchev–Trinajstić information content (AvgIpc) is 3.62. The molecule has 2 aromatic heterocycles. The summed E-state index contributed by atoms with van der Waals surface area (Å²) in [5.41, 5.74) is 2.95. The van der Waals surface area contributed by atoms with Crippen molar-refractivity contribution in [3.05, 3.63) is 71.8 Å². The van der Waals surface area contributed by atoms with Crippen molar-refractivity contribution in [2.75, 3.05) is 45.6 Å². The number of nitrogens with zero attached hydrogens (tertiary/aromatic N) is 6. The van der Waals surface area contributed by atoms with E-state index in [2.05, 4.69) is 66.2 Å². The smallest absolute Gasteiger partial charge is 0.289 e. The van der Waals surface area contributed by atoms with Crippen LogP contribution in [0.1, 0.15) is 60.9 Å². The number of hydrogen-bond acceptors (Lipinski definition) is 11. The Bertz CT molecular complexity index is 1560. The summed E-state index contributed by atoms with van der Waals surface area (Å²) in [5.74, 6) is -0.787. The Balaban J connectivity index is 1.46. The molecule has 1 aliphatic heterocycles. The van der Waals surface area contributed by atoms with E-state index in [1.54, 1.807) is 6.92 Å². The maximum Gasteiger partial charge on any atom is 0.289 e. The van der Waals surface area contributed by atoms with E-state index in [1.165, 1.54) is 16.5 Å². The second-order valence-electron chi connectivity index (χ2n) is 11.6. The molecule has 2 amide bonds. The molecule has 1 aromatic carbocycles. The van der Waals surface area contributed by atoms with Crippen molar-refractivity contribution in [2.24, 2.45) is 0 Å². The van der Waals surface area contributed by atoms with Crippen LogP contribution in [-0.2, 0) is 9.53 Å². The van der Waals surface area contributed by atoms with Crippen LogP contribution in [0.25, 0.3) is 11.2 Å². The fraction of sp³-hybridized carbons (Fsp3) is 0.469. The second kappa shape index (κ2) is 15.4. The minimum Gasteiger partial charge on any atom is -0.372 e. The summed E-state index contributed by atoms with van der Waals surface area (Å²) in [6, 6.07) is 10.2. The number of hydrogen-bond donors (Lipinski definition) is 5. The van der Waals surface area contributed by atoms with Crippen molar-refractivity contribution in [3.8, 4) is 0 Å².